The molecule has 6 nitrogen and oxygen atoms in total. The summed E-state index contributed by atoms with van der Waals surface area (Å²) in [5.41, 5.74) is 0. The van der Waals surface area contributed by atoms with Crippen molar-refractivity contribution in [3.63, 3.8) is 0 Å². The summed E-state index contributed by atoms with van der Waals surface area (Å²) in [7, 11) is 1.60. The van der Waals surface area contributed by atoms with Gasteiger partial charge in [0.05, 0.1) is 18.8 Å². The number of allylic oxidation sites excluding steroid dienone is 2. The Morgan fingerprint density at radius 1 is 1.32 bits per heavy atom. The average Bonchev–Trinajstić information content (AvgIpc) is 3.18. The molecule has 0 unspecified atom stereocenters. The number of hydrogen-bond donors (Lipinski definition) is 2. The molecule has 4 atom stereocenters. The maximum atomic E-state index is 10.5. The number of carboxylic acids is 1. The summed E-state index contributed by atoms with van der Waals surface area (Å²) in [5, 5.41) is 11.9. The van der Waals surface area contributed by atoms with Gasteiger partial charge in [0, 0.05) is 13.5 Å². The van der Waals surface area contributed by atoms with E-state index in [1.165, 1.54) is 0 Å². The predicted molar refractivity (Wildman–Crippen MR) is 98.3 cm³/mol. The van der Waals surface area contributed by atoms with Crippen molar-refractivity contribution in [2.75, 3.05) is 20.4 Å². The molecule has 0 aromatic rings. The topological polar surface area (TPSA) is 77.0 Å². The van der Waals surface area contributed by atoms with Crippen molar-refractivity contribution in [2.24, 2.45) is 11.8 Å². The minimum Gasteiger partial charge on any atom is -0.481 e. The first-order chi connectivity index (χ1) is 12.1. The largest absolute Gasteiger partial charge is 0.481 e. The number of unbranched alkanes of at least 4 members (excludes halogenated alkanes) is 1. The van der Waals surface area contributed by atoms with Gasteiger partial charge in [-0.1, -0.05) is 12.2 Å². The van der Waals surface area contributed by atoms with Gasteiger partial charge >= 0.3 is 5.97 Å². The van der Waals surface area contributed by atoms with E-state index in [0.717, 1.165) is 32.1 Å². The molecule has 2 fully saturated rings. The van der Waals surface area contributed by atoms with E-state index in [1.54, 1.807) is 7.11 Å². The molecule has 2 heterocycles. The maximum Gasteiger partial charge on any atom is 0.303 e. The van der Waals surface area contributed by atoms with Crippen molar-refractivity contribution >= 4 is 23.4 Å². The van der Waals surface area contributed by atoms with E-state index in [4.69, 9.17) is 31.5 Å². The first-order valence-electron chi connectivity index (χ1n) is 9.03. The molecule has 0 aromatic carbocycles. The van der Waals surface area contributed by atoms with Gasteiger partial charge in [0.2, 0.25) is 0 Å². The smallest absolute Gasteiger partial charge is 0.303 e. The molecule has 2 rings (SSSR count). The number of rotatable bonds is 11. The molecule has 25 heavy (non-hydrogen) atoms. The van der Waals surface area contributed by atoms with Crippen LogP contribution in [0.4, 0.5) is 0 Å². The first kappa shape index (κ1) is 20.1. The highest BCUT2D eigenvalue weighted by Gasteiger charge is 2.47. The van der Waals surface area contributed by atoms with E-state index in [2.05, 4.69) is 17.5 Å². The highest BCUT2D eigenvalue weighted by Crippen LogP contribution is 2.46. The van der Waals surface area contributed by atoms with Crippen LogP contribution in [-0.4, -0.2) is 48.9 Å². The van der Waals surface area contributed by atoms with Crippen LogP contribution in [0.5, 0.6) is 0 Å². The third-order valence-electron chi connectivity index (χ3n) is 4.97. The fraction of sp³-hybridized carbons (Fsp3) is 0.778. The van der Waals surface area contributed by atoms with E-state index in [9.17, 15) is 4.79 Å². The van der Waals surface area contributed by atoms with E-state index < -0.39 is 5.97 Å². The third-order valence-corrected chi connectivity index (χ3v) is 5.23. The van der Waals surface area contributed by atoms with Gasteiger partial charge in [-0.2, -0.15) is 0 Å². The van der Waals surface area contributed by atoms with Crippen LogP contribution >= 0.6 is 12.2 Å². The molecule has 2 aliphatic rings. The number of carboxylic acid groups (broad SMARTS) is 1. The summed E-state index contributed by atoms with van der Waals surface area (Å²) in [6.45, 7) is 0.941. The number of nitrogens with one attached hydrogen (secondary N) is 1. The molecule has 0 aromatic heterocycles. The molecule has 142 valence electrons. The van der Waals surface area contributed by atoms with Crippen LogP contribution < -0.4 is 5.32 Å². The summed E-state index contributed by atoms with van der Waals surface area (Å²) < 4.78 is 16.5. The van der Waals surface area contributed by atoms with Crippen LogP contribution in [0.1, 0.15) is 44.9 Å². The standard InChI is InChI=1S/C18H29NO5S/c1-22-12-19-18(25)23-11-10-14-13(15-8-9-16(14)24-15)6-4-2-3-5-7-17(20)21/h2,4,13-16H,3,5-12H2,1H3,(H,19,25)(H,20,21)/t13-,14-,15-,16+/m1/s1. The van der Waals surface area contributed by atoms with Crippen molar-refractivity contribution in [2.45, 2.75) is 57.2 Å². The molecule has 2 N–H and O–H groups in total. The van der Waals surface area contributed by atoms with Gasteiger partial charge in [-0.05, 0) is 62.6 Å². The lowest BCUT2D eigenvalue weighted by molar-refractivity contribution is -0.137. The molecular weight excluding hydrogens is 342 g/mol. The van der Waals surface area contributed by atoms with Crippen LogP contribution in [0.3, 0.4) is 0 Å². The molecule has 2 aliphatic heterocycles. The lowest BCUT2D eigenvalue weighted by Crippen LogP contribution is -2.30. The quantitative estimate of drug-likeness (QED) is 0.250. The van der Waals surface area contributed by atoms with Gasteiger partial charge in [-0.3, -0.25) is 4.79 Å². The second kappa shape index (κ2) is 10.7. The number of aliphatic carboxylic acids is 1. The summed E-state index contributed by atoms with van der Waals surface area (Å²) in [6, 6.07) is 0. The lowest BCUT2D eigenvalue weighted by atomic mass is 9.76. The van der Waals surface area contributed by atoms with Gasteiger partial charge in [-0.25, -0.2) is 0 Å². The summed E-state index contributed by atoms with van der Waals surface area (Å²) in [6.07, 6.45) is 11.0. The molecule has 0 aliphatic carbocycles. The molecule has 7 heteroatoms. The Labute approximate surface area is 154 Å². The first-order valence-corrected chi connectivity index (χ1v) is 9.44. The third kappa shape index (κ3) is 6.56. The molecule has 0 radical (unpaired) electrons. The number of ether oxygens (including phenoxy) is 3. The fourth-order valence-corrected chi connectivity index (χ4v) is 3.95. The minimum absolute atomic E-state index is 0.235. The molecule has 2 saturated heterocycles. The highest BCUT2D eigenvalue weighted by atomic mass is 32.1. The van der Waals surface area contributed by atoms with Crippen molar-refractivity contribution in [1.82, 2.24) is 5.32 Å². The maximum absolute atomic E-state index is 10.5. The number of fused-ring (bicyclic) bond motifs is 2. The van der Waals surface area contributed by atoms with Crippen LogP contribution in [0.15, 0.2) is 12.2 Å². The van der Waals surface area contributed by atoms with Gasteiger partial charge in [0.1, 0.15) is 6.73 Å². The van der Waals surface area contributed by atoms with Gasteiger partial charge in [0.15, 0.2) is 0 Å². The van der Waals surface area contributed by atoms with E-state index in [1.807, 2.05) is 0 Å². The van der Waals surface area contributed by atoms with E-state index in [0.29, 0.717) is 49.0 Å². The molecule has 0 saturated carbocycles. The Bertz CT molecular complexity index is 470. The van der Waals surface area contributed by atoms with Gasteiger partial charge in [-0.15, -0.1) is 0 Å². The average molecular weight is 371 g/mol. The Kier molecular flexibility index (Phi) is 8.64. The number of thiocarbonyl (C=S) groups is 1. The van der Waals surface area contributed by atoms with E-state index >= 15 is 0 Å². The number of hydrogen-bond acceptors (Lipinski definition) is 5. The molecule has 0 spiro atoms. The molecule has 2 bridgehead atoms. The monoisotopic (exact) mass is 371 g/mol. The molecular formula is C18H29NO5S. The van der Waals surface area contributed by atoms with Crippen LogP contribution in [0.25, 0.3) is 0 Å². The summed E-state index contributed by atoms with van der Waals surface area (Å²) >= 11 is 5.09. The summed E-state index contributed by atoms with van der Waals surface area (Å²) in [5.74, 6) is 0.305. The van der Waals surface area contributed by atoms with Crippen LogP contribution in [0.2, 0.25) is 0 Å². The Hall–Kier alpha value is -1.18. The van der Waals surface area contributed by atoms with Crippen molar-refractivity contribution in [1.29, 1.82) is 0 Å². The van der Waals surface area contributed by atoms with Gasteiger partial charge < -0.3 is 24.6 Å². The second-order valence-electron chi connectivity index (χ2n) is 6.65. The predicted octanol–water partition coefficient (Wildman–Crippen LogP) is 2.87. The van der Waals surface area contributed by atoms with Crippen molar-refractivity contribution < 1.29 is 24.1 Å². The van der Waals surface area contributed by atoms with Crippen molar-refractivity contribution in [3.05, 3.63) is 12.2 Å². The highest BCUT2D eigenvalue weighted by molar-refractivity contribution is 7.80. The normalized spacial score (nSPS) is 27.7. The van der Waals surface area contributed by atoms with Gasteiger partial charge in [0.25, 0.3) is 5.17 Å². The van der Waals surface area contributed by atoms with E-state index in [-0.39, 0.29) is 6.42 Å². The second-order valence-corrected chi connectivity index (χ2v) is 7.02. The number of carbonyl (C=O) groups is 1. The fourth-order valence-electron chi connectivity index (χ4n) is 3.81. The zero-order chi connectivity index (χ0) is 18.1. The Morgan fingerprint density at radius 2 is 2.08 bits per heavy atom. The zero-order valence-electron chi connectivity index (χ0n) is 14.8. The zero-order valence-corrected chi connectivity index (χ0v) is 15.6. The Balaban J connectivity index is 1.70. The van der Waals surface area contributed by atoms with Crippen molar-refractivity contribution in [3.8, 4) is 0 Å². The van der Waals surface area contributed by atoms with Crippen LogP contribution in [0, 0.1) is 11.8 Å². The molecule has 0 amide bonds. The van der Waals surface area contributed by atoms with Crippen LogP contribution in [-0.2, 0) is 19.0 Å². The summed E-state index contributed by atoms with van der Waals surface area (Å²) in [4.78, 5) is 10.5. The lowest BCUT2D eigenvalue weighted by Gasteiger charge is -2.27. The Morgan fingerprint density at radius 3 is 2.80 bits per heavy atom. The number of methoxy groups -OCH3 is 1. The minimum atomic E-state index is -0.729. The SMILES string of the molecule is COCNC(=S)OCC[C@@H]1[C@@H](CC=CCCCC(=O)O)[C@H]2CC[C@@H]1O2.